The van der Waals surface area contributed by atoms with Crippen LogP contribution in [-0.4, -0.2) is 58.9 Å². The lowest BCUT2D eigenvalue weighted by atomic mass is 10.0. The SMILES string of the molecule is CCOC(=O)N1CCN(Cc2c(O)ccc3c(-c4ccccc4)noc23)CC1. The highest BCUT2D eigenvalue weighted by molar-refractivity contribution is 5.94. The van der Waals surface area contributed by atoms with Gasteiger partial charge in [0.25, 0.3) is 0 Å². The lowest BCUT2D eigenvalue weighted by Crippen LogP contribution is -2.48. The molecule has 28 heavy (non-hydrogen) atoms. The molecule has 1 amide bonds. The number of fused-ring (bicyclic) bond motifs is 1. The van der Waals surface area contributed by atoms with Gasteiger partial charge in [0.15, 0.2) is 5.58 Å². The molecule has 0 unspecified atom stereocenters. The van der Waals surface area contributed by atoms with Crippen LogP contribution in [0.1, 0.15) is 12.5 Å². The quantitative estimate of drug-likeness (QED) is 0.745. The van der Waals surface area contributed by atoms with Crippen LogP contribution in [0.25, 0.3) is 22.2 Å². The fraction of sp³-hybridized carbons (Fsp3) is 0.333. The Morgan fingerprint density at radius 1 is 1.14 bits per heavy atom. The van der Waals surface area contributed by atoms with Crippen LogP contribution < -0.4 is 0 Å². The van der Waals surface area contributed by atoms with Gasteiger partial charge in [-0.25, -0.2) is 4.79 Å². The molecular formula is C21H23N3O4. The Kier molecular flexibility index (Phi) is 5.16. The molecule has 1 fully saturated rings. The predicted molar refractivity (Wildman–Crippen MR) is 105 cm³/mol. The maximum atomic E-state index is 11.9. The highest BCUT2D eigenvalue weighted by Crippen LogP contribution is 2.34. The van der Waals surface area contributed by atoms with Gasteiger partial charge in [0.1, 0.15) is 11.4 Å². The number of hydrogen-bond donors (Lipinski definition) is 1. The third-order valence-electron chi connectivity index (χ3n) is 5.05. The van der Waals surface area contributed by atoms with Crippen LogP contribution in [0, 0.1) is 0 Å². The smallest absolute Gasteiger partial charge is 0.409 e. The molecule has 0 aliphatic carbocycles. The summed E-state index contributed by atoms with van der Waals surface area (Å²) in [5.41, 5.74) is 3.06. The number of carbonyl (C=O) groups is 1. The number of amides is 1. The zero-order valence-corrected chi connectivity index (χ0v) is 15.8. The Hall–Kier alpha value is -3.06. The van der Waals surface area contributed by atoms with Gasteiger partial charge in [-0.15, -0.1) is 0 Å². The molecule has 2 aromatic carbocycles. The average Bonchev–Trinajstić information content (AvgIpc) is 3.16. The minimum atomic E-state index is -0.269. The van der Waals surface area contributed by atoms with E-state index in [0.717, 1.165) is 22.2 Å². The van der Waals surface area contributed by atoms with Gasteiger partial charge < -0.3 is 19.3 Å². The van der Waals surface area contributed by atoms with E-state index in [1.54, 1.807) is 17.9 Å². The van der Waals surface area contributed by atoms with Crippen LogP contribution in [0.5, 0.6) is 5.75 Å². The van der Waals surface area contributed by atoms with E-state index in [1.807, 2.05) is 36.4 Å². The summed E-state index contributed by atoms with van der Waals surface area (Å²) in [5, 5.41) is 15.6. The highest BCUT2D eigenvalue weighted by Gasteiger charge is 2.24. The summed E-state index contributed by atoms with van der Waals surface area (Å²) < 4.78 is 10.7. The standard InChI is InChI=1S/C21H23N3O4/c1-2-27-21(26)24-12-10-23(11-13-24)14-17-18(25)9-8-16-19(22-28-20(16)17)15-6-4-3-5-7-15/h3-9,25H,2,10-14H2,1H3. The topological polar surface area (TPSA) is 79.0 Å². The summed E-state index contributed by atoms with van der Waals surface area (Å²) in [4.78, 5) is 15.8. The number of nitrogens with zero attached hydrogens (tertiary/aromatic N) is 3. The molecule has 0 saturated carbocycles. The summed E-state index contributed by atoms with van der Waals surface area (Å²) in [6.45, 7) is 5.32. The third kappa shape index (κ3) is 3.53. The van der Waals surface area contributed by atoms with Crippen molar-refractivity contribution in [3.63, 3.8) is 0 Å². The zero-order chi connectivity index (χ0) is 19.5. The van der Waals surface area contributed by atoms with Gasteiger partial charge >= 0.3 is 6.09 Å². The van der Waals surface area contributed by atoms with Gasteiger partial charge in [-0.05, 0) is 19.1 Å². The van der Waals surface area contributed by atoms with E-state index >= 15 is 0 Å². The van der Waals surface area contributed by atoms with E-state index in [-0.39, 0.29) is 11.8 Å². The van der Waals surface area contributed by atoms with Crippen molar-refractivity contribution in [3.8, 4) is 17.0 Å². The molecule has 3 aromatic rings. The summed E-state index contributed by atoms with van der Waals surface area (Å²) >= 11 is 0. The van der Waals surface area contributed by atoms with Crippen molar-refractivity contribution < 1.29 is 19.2 Å². The Balaban J connectivity index is 1.54. The summed E-state index contributed by atoms with van der Waals surface area (Å²) in [7, 11) is 0. The summed E-state index contributed by atoms with van der Waals surface area (Å²) in [6, 6.07) is 13.4. The van der Waals surface area contributed by atoms with Crippen molar-refractivity contribution >= 4 is 17.1 Å². The van der Waals surface area contributed by atoms with E-state index in [9.17, 15) is 9.90 Å². The number of phenols is 1. The molecule has 1 saturated heterocycles. The largest absolute Gasteiger partial charge is 0.507 e. The first kappa shape index (κ1) is 18.3. The van der Waals surface area contributed by atoms with Gasteiger partial charge in [-0.2, -0.15) is 0 Å². The maximum absolute atomic E-state index is 11.9. The molecule has 1 aromatic heterocycles. The van der Waals surface area contributed by atoms with Crippen molar-refractivity contribution in [2.24, 2.45) is 0 Å². The number of ether oxygens (including phenoxy) is 1. The van der Waals surface area contributed by atoms with Gasteiger partial charge in [-0.1, -0.05) is 35.5 Å². The second-order valence-corrected chi connectivity index (χ2v) is 6.80. The first-order chi connectivity index (χ1) is 13.7. The first-order valence-corrected chi connectivity index (χ1v) is 9.47. The van der Waals surface area contributed by atoms with Gasteiger partial charge in [0, 0.05) is 38.3 Å². The van der Waals surface area contributed by atoms with E-state index in [2.05, 4.69) is 10.1 Å². The van der Waals surface area contributed by atoms with Crippen LogP contribution in [0.3, 0.4) is 0 Å². The lowest BCUT2D eigenvalue weighted by molar-refractivity contribution is 0.0776. The van der Waals surface area contributed by atoms with Crippen molar-refractivity contribution in [2.75, 3.05) is 32.8 Å². The molecule has 1 aliphatic rings. The molecule has 7 nitrogen and oxygen atoms in total. The number of piperazine rings is 1. The molecule has 1 aliphatic heterocycles. The molecule has 0 radical (unpaired) electrons. The van der Waals surface area contributed by atoms with Crippen LogP contribution >= 0.6 is 0 Å². The molecule has 0 atom stereocenters. The van der Waals surface area contributed by atoms with E-state index in [4.69, 9.17) is 9.26 Å². The van der Waals surface area contributed by atoms with Crippen LogP contribution in [0.2, 0.25) is 0 Å². The third-order valence-corrected chi connectivity index (χ3v) is 5.05. The molecule has 2 heterocycles. The lowest BCUT2D eigenvalue weighted by Gasteiger charge is -2.34. The number of aromatic nitrogens is 1. The second kappa shape index (κ2) is 7.90. The van der Waals surface area contributed by atoms with E-state index in [1.165, 1.54) is 0 Å². The van der Waals surface area contributed by atoms with Crippen LogP contribution in [0.15, 0.2) is 47.0 Å². The minimum absolute atomic E-state index is 0.191. The molecule has 146 valence electrons. The Morgan fingerprint density at radius 2 is 1.89 bits per heavy atom. The number of rotatable bonds is 4. The van der Waals surface area contributed by atoms with Gasteiger partial charge in [0.05, 0.1) is 17.6 Å². The fourth-order valence-corrected chi connectivity index (χ4v) is 3.53. The molecule has 0 bridgehead atoms. The zero-order valence-electron chi connectivity index (χ0n) is 15.8. The van der Waals surface area contributed by atoms with Gasteiger partial charge in [0.2, 0.25) is 0 Å². The first-order valence-electron chi connectivity index (χ1n) is 9.47. The Labute approximate surface area is 163 Å². The normalized spacial score (nSPS) is 15.1. The number of phenolic OH excluding ortho intramolecular Hbond substituents is 1. The van der Waals surface area contributed by atoms with Crippen LogP contribution in [-0.2, 0) is 11.3 Å². The summed E-state index contributed by atoms with van der Waals surface area (Å²) in [6.07, 6.45) is -0.269. The molecular weight excluding hydrogens is 358 g/mol. The van der Waals surface area contributed by atoms with Crippen LogP contribution in [0.4, 0.5) is 4.79 Å². The van der Waals surface area contributed by atoms with Crippen molar-refractivity contribution in [1.82, 2.24) is 15.0 Å². The minimum Gasteiger partial charge on any atom is -0.507 e. The molecule has 1 N–H and O–H groups in total. The second-order valence-electron chi connectivity index (χ2n) is 6.80. The number of carbonyl (C=O) groups excluding carboxylic acids is 1. The summed E-state index contributed by atoms with van der Waals surface area (Å²) in [5.74, 6) is 0.191. The van der Waals surface area contributed by atoms with Crippen molar-refractivity contribution in [3.05, 3.63) is 48.0 Å². The average molecular weight is 381 g/mol. The number of aromatic hydroxyl groups is 1. The Morgan fingerprint density at radius 3 is 2.61 bits per heavy atom. The molecule has 7 heteroatoms. The van der Waals surface area contributed by atoms with Crippen molar-refractivity contribution in [2.45, 2.75) is 13.5 Å². The molecule has 4 rings (SSSR count). The van der Waals surface area contributed by atoms with Crippen molar-refractivity contribution in [1.29, 1.82) is 0 Å². The Bertz CT molecular complexity index is 962. The number of hydrogen-bond acceptors (Lipinski definition) is 6. The monoisotopic (exact) mass is 381 g/mol. The van der Waals surface area contributed by atoms with E-state index in [0.29, 0.717) is 44.9 Å². The number of benzene rings is 2. The highest BCUT2D eigenvalue weighted by atomic mass is 16.6. The van der Waals surface area contributed by atoms with Gasteiger partial charge in [-0.3, -0.25) is 4.90 Å². The molecule has 0 spiro atoms. The predicted octanol–water partition coefficient (Wildman–Crippen LogP) is 3.47. The fourth-order valence-electron chi connectivity index (χ4n) is 3.53. The van der Waals surface area contributed by atoms with E-state index < -0.39 is 0 Å². The maximum Gasteiger partial charge on any atom is 0.409 e.